The zero-order chi connectivity index (χ0) is 13.5. The Morgan fingerprint density at radius 1 is 1.56 bits per heavy atom. The quantitative estimate of drug-likeness (QED) is 0.744. The summed E-state index contributed by atoms with van der Waals surface area (Å²) in [4.78, 5) is 10.9. The summed E-state index contributed by atoms with van der Waals surface area (Å²) in [7, 11) is 0. The molecule has 0 aromatic carbocycles. The maximum atomic E-state index is 10.9. The summed E-state index contributed by atoms with van der Waals surface area (Å²) in [5.74, 6) is -0.624. The van der Waals surface area contributed by atoms with Crippen molar-refractivity contribution in [2.24, 2.45) is 5.92 Å². The Kier molecular flexibility index (Phi) is 5.88. The summed E-state index contributed by atoms with van der Waals surface area (Å²) in [6, 6.07) is 1.87. The summed E-state index contributed by atoms with van der Waals surface area (Å²) in [6.07, 6.45) is 1.40. The number of rotatable bonds is 8. The van der Waals surface area contributed by atoms with E-state index in [1.165, 1.54) is 6.26 Å². The zero-order valence-corrected chi connectivity index (χ0v) is 11.1. The molecule has 0 saturated heterocycles. The van der Waals surface area contributed by atoms with Gasteiger partial charge in [-0.2, -0.15) is 0 Å². The van der Waals surface area contributed by atoms with Gasteiger partial charge >= 0.3 is 5.97 Å². The first-order chi connectivity index (χ1) is 8.56. The number of carboxylic acid groups (broad SMARTS) is 1. The Bertz CT molecular complexity index is 373. The molecule has 0 bridgehead atoms. The Morgan fingerprint density at radius 2 is 2.28 bits per heavy atom. The minimum Gasteiger partial charge on any atom is -0.475 e. The molecule has 0 aliphatic rings. The summed E-state index contributed by atoms with van der Waals surface area (Å²) in [5, 5.41) is 12.2. The van der Waals surface area contributed by atoms with Gasteiger partial charge < -0.3 is 19.6 Å². The van der Waals surface area contributed by atoms with E-state index < -0.39 is 5.97 Å². The number of carbonyl (C=O) groups is 1. The third-order valence-electron chi connectivity index (χ3n) is 2.80. The van der Waals surface area contributed by atoms with E-state index in [0.717, 1.165) is 0 Å². The Labute approximate surface area is 107 Å². The molecule has 1 aromatic rings. The highest BCUT2D eigenvalue weighted by Gasteiger charge is 2.17. The van der Waals surface area contributed by atoms with Crippen molar-refractivity contribution < 1.29 is 19.1 Å². The van der Waals surface area contributed by atoms with E-state index in [0.29, 0.717) is 31.2 Å². The third-order valence-corrected chi connectivity index (χ3v) is 2.80. The maximum absolute atomic E-state index is 10.9. The van der Waals surface area contributed by atoms with Crippen molar-refractivity contribution in [3.05, 3.63) is 23.7 Å². The van der Waals surface area contributed by atoms with E-state index in [2.05, 4.69) is 19.2 Å². The van der Waals surface area contributed by atoms with Crippen molar-refractivity contribution in [2.75, 3.05) is 13.2 Å². The van der Waals surface area contributed by atoms with Gasteiger partial charge in [0.05, 0.1) is 12.9 Å². The summed E-state index contributed by atoms with van der Waals surface area (Å²) >= 11 is 0. The minimum atomic E-state index is -1.04. The molecule has 0 fully saturated rings. The van der Waals surface area contributed by atoms with Crippen LogP contribution in [-0.2, 0) is 11.3 Å². The first kappa shape index (κ1) is 14.7. The van der Waals surface area contributed by atoms with E-state index in [1.807, 2.05) is 6.92 Å². The van der Waals surface area contributed by atoms with Crippen molar-refractivity contribution in [3.63, 3.8) is 0 Å². The van der Waals surface area contributed by atoms with Crippen LogP contribution in [0.4, 0.5) is 0 Å². The normalized spacial score (nSPS) is 12.9. The molecule has 0 aliphatic carbocycles. The molecule has 1 atom stereocenters. The van der Waals surface area contributed by atoms with E-state index >= 15 is 0 Å². The number of ether oxygens (including phenoxy) is 1. The van der Waals surface area contributed by atoms with Gasteiger partial charge in [-0.15, -0.1) is 0 Å². The van der Waals surface area contributed by atoms with Crippen LogP contribution in [0.2, 0.25) is 0 Å². The van der Waals surface area contributed by atoms with Crippen molar-refractivity contribution in [1.82, 2.24) is 5.32 Å². The second kappa shape index (κ2) is 7.18. The van der Waals surface area contributed by atoms with Gasteiger partial charge in [0, 0.05) is 24.8 Å². The lowest BCUT2D eigenvalue weighted by atomic mass is 10.0. The number of aromatic carboxylic acids is 1. The van der Waals surface area contributed by atoms with Gasteiger partial charge in [0.25, 0.3) is 0 Å². The van der Waals surface area contributed by atoms with Gasteiger partial charge in [0.2, 0.25) is 5.76 Å². The fraction of sp³-hybridized carbons (Fsp3) is 0.615. The van der Waals surface area contributed by atoms with E-state index in [9.17, 15) is 4.79 Å². The molecule has 2 N–H and O–H groups in total. The molecule has 5 heteroatoms. The molecule has 18 heavy (non-hydrogen) atoms. The van der Waals surface area contributed by atoms with E-state index in [-0.39, 0.29) is 11.8 Å². The largest absolute Gasteiger partial charge is 0.475 e. The monoisotopic (exact) mass is 255 g/mol. The lowest BCUT2D eigenvalue weighted by molar-refractivity contribution is 0.0660. The molecule has 0 amide bonds. The second-order valence-electron chi connectivity index (χ2n) is 4.47. The average molecular weight is 255 g/mol. The van der Waals surface area contributed by atoms with Crippen LogP contribution in [0.1, 0.15) is 36.9 Å². The average Bonchev–Trinajstić information content (AvgIpc) is 2.77. The van der Waals surface area contributed by atoms with E-state index in [1.54, 1.807) is 6.07 Å². The highest BCUT2D eigenvalue weighted by Crippen LogP contribution is 2.11. The topological polar surface area (TPSA) is 71.7 Å². The molecular weight excluding hydrogens is 234 g/mol. The van der Waals surface area contributed by atoms with Crippen LogP contribution in [-0.4, -0.2) is 30.3 Å². The van der Waals surface area contributed by atoms with Gasteiger partial charge in [0.1, 0.15) is 0 Å². The van der Waals surface area contributed by atoms with Crippen molar-refractivity contribution >= 4 is 5.97 Å². The Morgan fingerprint density at radius 3 is 2.83 bits per heavy atom. The predicted molar refractivity (Wildman–Crippen MR) is 67.6 cm³/mol. The molecule has 1 rings (SSSR count). The summed E-state index contributed by atoms with van der Waals surface area (Å²) in [5.41, 5.74) is 0.657. The standard InChI is InChI=1S/C13H21NO4/c1-4-17-8-11(9(2)3)14-7-10-5-6-18-12(10)13(15)16/h5-6,9,11,14H,4,7-8H2,1-3H3,(H,15,16). The maximum Gasteiger partial charge on any atom is 0.372 e. The third kappa shape index (κ3) is 4.16. The van der Waals surface area contributed by atoms with E-state index in [4.69, 9.17) is 14.3 Å². The van der Waals surface area contributed by atoms with Gasteiger partial charge in [-0.1, -0.05) is 13.8 Å². The number of nitrogens with one attached hydrogen (secondary N) is 1. The van der Waals surface area contributed by atoms with Gasteiger partial charge in [-0.05, 0) is 18.9 Å². The molecule has 0 spiro atoms. The Balaban J connectivity index is 2.55. The Hall–Kier alpha value is -1.33. The predicted octanol–water partition coefficient (Wildman–Crippen LogP) is 2.13. The first-order valence-electron chi connectivity index (χ1n) is 6.17. The molecule has 5 nitrogen and oxygen atoms in total. The number of hydrogen-bond acceptors (Lipinski definition) is 4. The molecular formula is C13H21NO4. The van der Waals surface area contributed by atoms with Crippen molar-refractivity contribution in [3.8, 4) is 0 Å². The smallest absolute Gasteiger partial charge is 0.372 e. The number of furan rings is 1. The van der Waals surface area contributed by atoms with Gasteiger partial charge in [-0.3, -0.25) is 0 Å². The molecule has 1 aromatic heterocycles. The lowest BCUT2D eigenvalue weighted by Gasteiger charge is -2.22. The first-order valence-corrected chi connectivity index (χ1v) is 6.17. The lowest BCUT2D eigenvalue weighted by Crippen LogP contribution is -2.37. The summed E-state index contributed by atoms with van der Waals surface area (Å²) < 4.78 is 10.3. The van der Waals surface area contributed by atoms with Crippen LogP contribution >= 0.6 is 0 Å². The molecule has 0 radical (unpaired) electrons. The molecule has 102 valence electrons. The van der Waals surface area contributed by atoms with Crippen LogP contribution < -0.4 is 5.32 Å². The fourth-order valence-corrected chi connectivity index (χ4v) is 1.64. The molecule has 1 unspecified atom stereocenters. The molecule has 0 saturated carbocycles. The van der Waals surface area contributed by atoms with Crippen LogP contribution in [0.15, 0.2) is 16.7 Å². The fourth-order valence-electron chi connectivity index (χ4n) is 1.64. The SMILES string of the molecule is CCOCC(NCc1ccoc1C(=O)O)C(C)C. The van der Waals surface area contributed by atoms with Crippen LogP contribution in [0, 0.1) is 5.92 Å². The van der Waals surface area contributed by atoms with Crippen molar-refractivity contribution in [2.45, 2.75) is 33.4 Å². The summed E-state index contributed by atoms with van der Waals surface area (Å²) in [6.45, 7) is 7.92. The zero-order valence-electron chi connectivity index (χ0n) is 11.1. The number of hydrogen-bond donors (Lipinski definition) is 2. The molecule has 1 heterocycles. The van der Waals surface area contributed by atoms with Crippen LogP contribution in [0.3, 0.4) is 0 Å². The highest BCUT2D eigenvalue weighted by molar-refractivity contribution is 5.86. The van der Waals surface area contributed by atoms with Gasteiger partial charge in [-0.25, -0.2) is 4.79 Å². The number of carboxylic acids is 1. The van der Waals surface area contributed by atoms with Crippen molar-refractivity contribution in [1.29, 1.82) is 0 Å². The van der Waals surface area contributed by atoms with Gasteiger partial charge in [0.15, 0.2) is 0 Å². The van der Waals surface area contributed by atoms with Crippen LogP contribution in [0.5, 0.6) is 0 Å². The minimum absolute atomic E-state index is 0.00131. The van der Waals surface area contributed by atoms with Crippen LogP contribution in [0.25, 0.3) is 0 Å². The molecule has 0 aliphatic heterocycles. The second-order valence-corrected chi connectivity index (χ2v) is 4.47. The highest BCUT2D eigenvalue weighted by atomic mass is 16.5.